The maximum absolute atomic E-state index is 8.95. The van der Waals surface area contributed by atoms with Gasteiger partial charge in [0.1, 0.15) is 23.5 Å². The number of aliphatic hydroxyl groups is 1. The van der Waals surface area contributed by atoms with E-state index in [9.17, 15) is 0 Å². The highest BCUT2D eigenvalue weighted by molar-refractivity contribution is 6.15. The summed E-state index contributed by atoms with van der Waals surface area (Å²) >= 11 is 0. The Kier molecular flexibility index (Phi) is 5.28. The number of aliphatic hydroxyl groups excluding tert-OH is 1. The number of oxazole rings is 1. The van der Waals surface area contributed by atoms with E-state index in [0.29, 0.717) is 23.9 Å². The summed E-state index contributed by atoms with van der Waals surface area (Å²) in [6, 6.07) is 8.09. The monoisotopic (exact) mass is 351 g/mol. The molecule has 0 unspecified atom stereocenters. The number of benzene rings is 1. The first-order valence-corrected chi connectivity index (χ1v) is 8.26. The molecule has 0 saturated carbocycles. The van der Waals surface area contributed by atoms with E-state index in [2.05, 4.69) is 15.0 Å². The van der Waals surface area contributed by atoms with Gasteiger partial charge in [-0.2, -0.15) is 4.98 Å². The van der Waals surface area contributed by atoms with E-state index < -0.39 is 0 Å². The molecule has 7 nitrogen and oxygen atoms in total. The van der Waals surface area contributed by atoms with E-state index >= 15 is 0 Å². The van der Waals surface area contributed by atoms with E-state index in [1.165, 1.54) is 11.8 Å². The maximum atomic E-state index is 8.95. The summed E-state index contributed by atoms with van der Waals surface area (Å²) in [6.45, 7) is 4.09. The normalized spacial score (nSPS) is 13.2. The number of imidazole rings is 1. The third-order valence-corrected chi connectivity index (χ3v) is 3.81. The molecule has 134 valence electrons. The van der Waals surface area contributed by atoms with Crippen molar-refractivity contribution < 1.29 is 9.52 Å². The van der Waals surface area contributed by atoms with Crippen LogP contribution < -0.4 is 5.73 Å². The van der Waals surface area contributed by atoms with E-state index in [4.69, 9.17) is 15.3 Å². The van der Waals surface area contributed by atoms with Gasteiger partial charge in [0, 0.05) is 11.8 Å². The second-order valence-corrected chi connectivity index (χ2v) is 5.74. The summed E-state index contributed by atoms with van der Waals surface area (Å²) < 4.78 is 7.29. The zero-order chi connectivity index (χ0) is 18.5. The highest BCUT2D eigenvalue weighted by Crippen LogP contribution is 2.26. The number of hydrogen-bond acceptors (Lipinski definition) is 5. The van der Waals surface area contributed by atoms with Gasteiger partial charge in [-0.3, -0.25) is 9.39 Å². The molecule has 7 heteroatoms. The van der Waals surface area contributed by atoms with Crippen LogP contribution in [0.2, 0.25) is 0 Å². The van der Waals surface area contributed by atoms with Crippen molar-refractivity contribution in [2.45, 2.75) is 13.8 Å². The Labute approximate surface area is 151 Å². The van der Waals surface area contributed by atoms with Crippen molar-refractivity contribution in [3.05, 3.63) is 60.3 Å². The van der Waals surface area contributed by atoms with Crippen molar-refractivity contribution in [2.24, 2.45) is 15.7 Å². The van der Waals surface area contributed by atoms with Gasteiger partial charge >= 0.3 is 5.84 Å². The van der Waals surface area contributed by atoms with E-state index in [-0.39, 0.29) is 6.61 Å². The molecule has 3 rings (SSSR count). The van der Waals surface area contributed by atoms with Crippen LogP contribution >= 0.6 is 0 Å². The number of rotatable bonds is 5. The van der Waals surface area contributed by atoms with Crippen LogP contribution in [0.3, 0.4) is 0 Å². The molecule has 0 amide bonds. The summed E-state index contributed by atoms with van der Waals surface area (Å²) in [5.41, 5.74) is 9.88. The molecule has 0 saturated heterocycles. The number of aliphatic imine (C=N–C) groups is 2. The molecule has 0 spiro atoms. The zero-order valence-corrected chi connectivity index (χ0v) is 14.8. The molecule has 2 aromatic heterocycles. The molecule has 0 aliphatic heterocycles. The fourth-order valence-electron chi connectivity index (χ4n) is 2.62. The lowest BCUT2D eigenvalue weighted by Gasteiger charge is -2.06. The van der Waals surface area contributed by atoms with Crippen molar-refractivity contribution >= 4 is 17.4 Å². The van der Waals surface area contributed by atoms with Crippen molar-refractivity contribution in [3.63, 3.8) is 0 Å². The molecule has 0 fully saturated rings. The van der Waals surface area contributed by atoms with E-state index in [1.54, 1.807) is 25.5 Å². The number of hydrogen-bond donors (Lipinski definition) is 2. The van der Waals surface area contributed by atoms with Crippen molar-refractivity contribution in [1.29, 1.82) is 0 Å². The lowest BCUT2D eigenvalue weighted by atomic mass is 10.1. The summed E-state index contributed by atoms with van der Waals surface area (Å²) in [7, 11) is 0. The van der Waals surface area contributed by atoms with Crippen LogP contribution in [0.15, 0.2) is 63.4 Å². The second kappa shape index (κ2) is 7.79. The molecule has 0 atom stereocenters. The van der Waals surface area contributed by atoms with Crippen LogP contribution in [-0.2, 0) is 0 Å². The predicted molar refractivity (Wildman–Crippen MR) is 103 cm³/mol. The van der Waals surface area contributed by atoms with Crippen LogP contribution in [0.5, 0.6) is 0 Å². The Morgan fingerprint density at radius 2 is 2.12 bits per heavy atom. The third kappa shape index (κ3) is 3.57. The first-order chi connectivity index (χ1) is 12.6. The number of amidine groups is 1. The molecule has 26 heavy (non-hydrogen) atoms. The molecule has 0 aliphatic rings. The number of nitrogens with zero attached hydrogens (tertiary/aromatic N) is 4. The average molecular weight is 351 g/mol. The first kappa shape index (κ1) is 17.6. The SMILES string of the molecule is CC(=NCCO)N=C(C=CN)c1c(-c2ccc(C)cc2)nc2occn12. The average Bonchev–Trinajstić information content (AvgIpc) is 3.21. The minimum absolute atomic E-state index is 0.0256. The van der Waals surface area contributed by atoms with Gasteiger partial charge in [0.2, 0.25) is 0 Å². The topological polar surface area (TPSA) is 101 Å². The van der Waals surface area contributed by atoms with Gasteiger partial charge in [-0.05, 0) is 26.1 Å². The highest BCUT2D eigenvalue weighted by atomic mass is 16.3. The van der Waals surface area contributed by atoms with Gasteiger partial charge in [0.25, 0.3) is 0 Å². The number of aromatic nitrogens is 2. The van der Waals surface area contributed by atoms with Crippen LogP contribution in [0.4, 0.5) is 0 Å². The van der Waals surface area contributed by atoms with Gasteiger partial charge in [0.15, 0.2) is 0 Å². The first-order valence-electron chi connectivity index (χ1n) is 8.26. The van der Waals surface area contributed by atoms with Gasteiger partial charge in [-0.15, -0.1) is 0 Å². The molecule has 0 radical (unpaired) electrons. The van der Waals surface area contributed by atoms with Crippen LogP contribution in [-0.4, -0.2) is 39.2 Å². The number of nitrogens with two attached hydrogens (primary N) is 1. The highest BCUT2D eigenvalue weighted by Gasteiger charge is 2.19. The lowest BCUT2D eigenvalue weighted by molar-refractivity contribution is 0.307. The van der Waals surface area contributed by atoms with Gasteiger partial charge in [-0.1, -0.05) is 29.8 Å². The molecule has 3 N–H and O–H groups in total. The predicted octanol–water partition coefficient (Wildman–Crippen LogP) is 2.57. The lowest BCUT2D eigenvalue weighted by Crippen LogP contribution is -2.07. The van der Waals surface area contributed by atoms with Gasteiger partial charge < -0.3 is 15.3 Å². The Morgan fingerprint density at radius 1 is 1.35 bits per heavy atom. The number of fused-ring (bicyclic) bond motifs is 1. The molecular weight excluding hydrogens is 330 g/mol. The largest absolute Gasteiger partial charge is 0.432 e. The van der Waals surface area contributed by atoms with Crippen LogP contribution in [0.1, 0.15) is 18.2 Å². The Bertz CT molecular complexity index is 977. The second-order valence-electron chi connectivity index (χ2n) is 5.74. The van der Waals surface area contributed by atoms with E-state index in [1.807, 2.05) is 35.6 Å². The maximum Gasteiger partial charge on any atom is 0.306 e. The minimum Gasteiger partial charge on any atom is -0.432 e. The van der Waals surface area contributed by atoms with Crippen LogP contribution in [0, 0.1) is 6.92 Å². The number of allylic oxidation sites excluding steroid dienone is 1. The summed E-state index contributed by atoms with van der Waals surface area (Å²) in [4.78, 5) is 13.4. The Balaban J connectivity index is 2.20. The van der Waals surface area contributed by atoms with Gasteiger partial charge in [-0.25, -0.2) is 4.99 Å². The zero-order valence-electron chi connectivity index (χ0n) is 14.8. The van der Waals surface area contributed by atoms with Crippen molar-refractivity contribution in [2.75, 3.05) is 13.2 Å². The summed E-state index contributed by atoms with van der Waals surface area (Å²) in [5.74, 6) is 1.01. The molecule has 3 aromatic rings. The van der Waals surface area contributed by atoms with Gasteiger partial charge in [0.05, 0.1) is 18.9 Å². The smallest absolute Gasteiger partial charge is 0.306 e. The van der Waals surface area contributed by atoms with Crippen LogP contribution in [0.25, 0.3) is 17.1 Å². The Morgan fingerprint density at radius 3 is 2.81 bits per heavy atom. The number of aryl methyl sites for hydroxylation is 1. The van der Waals surface area contributed by atoms with Crippen molar-refractivity contribution in [3.8, 4) is 11.3 Å². The van der Waals surface area contributed by atoms with Crippen molar-refractivity contribution in [1.82, 2.24) is 9.38 Å². The Hall–Kier alpha value is -3.19. The summed E-state index contributed by atoms with van der Waals surface area (Å²) in [6.07, 6.45) is 6.49. The summed E-state index contributed by atoms with van der Waals surface area (Å²) in [5, 5.41) is 8.95. The quantitative estimate of drug-likeness (QED) is 0.545. The molecular formula is C19H21N5O2. The standard InChI is InChI=1S/C19H21N5O2/c1-13-3-5-15(6-4-13)17-18(24-10-12-26-19(24)23-17)16(7-8-20)22-14(2)21-9-11-25/h3-8,10,12,25H,9,11,20H2,1-2H3. The fourth-order valence-corrected chi connectivity index (χ4v) is 2.62. The van der Waals surface area contributed by atoms with E-state index in [0.717, 1.165) is 17.0 Å². The third-order valence-electron chi connectivity index (χ3n) is 3.81. The fraction of sp³-hybridized carbons (Fsp3) is 0.211. The molecule has 0 bridgehead atoms. The molecule has 2 heterocycles. The molecule has 0 aliphatic carbocycles. The minimum atomic E-state index is -0.0256. The molecule has 1 aromatic carbocycles.